The van der Waals surface area contributed by atoms with Gasteiger partial charge in [0, 0.05) is 0 Å². The summed E-state index contributed by atoms with van der Waals surface area (Å²) < 4.78 is 0. The lowest BCUT2D eigenvalue weighted by molar-refractivity contribution is 0.556. The third-order valence-electron chi connectivity index (χ3n) is 6.35. The Morgan fingerprint density at radius 1 is 0.586 bits per heavy atom. The summed E-state index contributed by atoms with van der Waals surface area (Å²) in [5.41, 5.74) is 4.61. The van der Waals surface area contributed by atoms with Crippen LogP contribution in [0.2, 0.25) is 0 Å². The minimum Gasteiger partial charge on any atom is -0.0628 e. The van der Waals surface area contributed by atoms with Gasteiger partial charge in [-0.3, -0.25) is 0 Å². The summed E-state index contributed by atoms with van der Waals surface area (Å²) >= 11 is 0. The predicted molar refractivity (Wildman–Crippen MR) is 131 cm³/mol. The topological polar surface area (TPSA) is 0 Å². The van der Waals surface area contributed by atoms with Crippen LogP contribution in [0.5, 0.6) is 0 Å². The highest BCUT2D eigenvalue weighted by molar-refractivity contribution is 6.06. The Kier molecular flexibility index (Phi) is 7.38. The van der Waals surface area contributed by atoms with Crippen LogP contribution in [0.1, 0.15) is 89.8 Å². The van der Waals surface area contributed by atoms with E-state index in [4.69, 9.17) is 0 Å². The molecule has 0 amide bonds. The summed E-state index contributed by atoms with van der Waals surface area (Å²) in [4.78, 5) is 0. The molecule has 0 aliphatic rings. The zero-order valence-electron chi connectivity index (χ0n) is 19.5. The molecule has 0 heterocycles. The summed E-state index contributed by atoms with van der Waals surface area (Å²) in [5.74, 6) is 2.11. The van der Waals surface area contributed by atoms with Crippen molar-refractivity contribution in [2.75, 3.05) is 0 Å². The van der Waals surface area contributed by atoms with Gasteiger partial charge >= 0.3 is 0 Å². The fourth-order valence-electron chi connectivity index (χ4n) is 4.65. The van der Waals surface area contributed by atoms with Gasteiger partial charge in [0.15, 0.2) is 0 Å². The largest absolute Gasteiger partial charge is 0.0628 e. The summed E-state index contributed by atoms with van der Waals surface area (Å²) in [5, 5.41) is 5.99. The molecule has 0 radical (unpaired) electrons. The van der Waals surface area contributed by atoms with E-state index in [1.807, 2.05) is 0 Å². The number of hydrogen-bond acceptors (Lipinski definition) is 0. The minimum absolute atomic E-state index is 0.568. The molecule has 3 rings (SSSR count). The molecule has 0 N–H and O–H groups in total. The molecular formula is C29H40. The number of hydrogen-bond donors (Lipinski definition) is 0. The molecule has 0 unspecified atom stereocenters. The first-order chi connectivity index (χ1) is 13.9. The highest BCUT2D eigenvalue weighted by atomic mass is 14.2. The molecule has 29 heavy (non-hydrogen) atoms. The lowest BCUT2D eigenvalue weighted by atomic mass is 9.85. The van der Waals surface area contributed by atoms with Gasteiger partial charge < -0.3 is 0 Å². The molecule has 3 aromatic carbocycles. The van der Waals surface area contributed by atoms with Crippen molar-refractivity contribution < 1.29 is 0 Å². The molecule has 0 fully saturated rings. The highest BCUT2D eigenvalue weighted by Crippen LogP contribution is 2.36. The molecular weight excluding hydrogens is 348 g/mol. The maximum atomic E-state index is 2.50. The van der Waals surface area contributed by atoms with Crippen LogP contribution in [0, 0.1) is 11.8 Å². The Bertz CT molecular complexity index is 943. The van der Waals surface area contributed by atoms with Crippen LogP contribution >= 0.6 is 0 Å². The highest BCUT2D eigenvalue weighted by Gasteiger charge is 2.15. The fraction of sp³-hybridized carbons (Fsp3) is 0.517. The van der Waals surface area contributed by atoms with Gasteiger partial charge in [-0.1, -0.05) is 96.8 Å². The van der Waals surface area contributed by atoms with Gasteiger partial charge in [-0.15, -0.1) is 0 Å². The minimum atomic E-state index is 0.568. The van der Waals surface area contributed by atoms with E-state index in [1.54, 1.807) is 11.1 Å². The SMILES string of the molecule is CC(C)CCCc1c2ccccc2c(CCCC(C)C)c2cc(C(C)C)ccc12. The molecule has 0 atom stereocenters. The summed E-state index contributed by atoms with van der Waals surface area (Å²) in [7, 11) is 0. The van der Waals surface area contributed by atoms with Crippen molar-refractivity contribution in [3.63, 3.8) is 0 Å². The van der Waals surface area contributed by atoms with E-state index in [9.17, 15) is 0 Å². The first kappa shape index (κ1) is 21.9. The van der Waals surface area contributed by atoms with E-state index < -0.39 is 0 Å². The normalized spacial score (nSPS) is 12.2. The van der Waals surface area contributed by atoms with Crippen LogP contribution in [0.25, 0.3) is 21.5 Å². The van der Waals surface area contributed by atoms with Crippen molar-refractivity contribution in [3.05, 3.63) is 59.2 Å². The zero-order chi connectivity index (χ0) is 21.0. The second-order valence-electron chi connectivity index (χ2n) is 10.0. The molecule has 0 aliphatic heterocycles. The molecule has 0 spiro atoms. The van der Waals surface area contributed by atoms with Gasteiger partial charge in [0.2, 0.25) is 0 Å². The van der Waals surface area contributed by atoms with Crippen molar-refractivity contribution in [2.24, 2.45) is 11.8 Å². The van der Waals surface area contributed by atoms with Crippen molar-refractivity contribution in [1.29, 1.82) is 0 Å². The lowest BCUT2D eigenvalue weighted by Gasteiger charge is -2.19. The maximum absolute atomic E-state index is 2.50. The van der Waals surface area contributed by atoms with E-state index in [0.29, 0.717) is 5.92 Å². The summed E-state index contributed by atoms with van der Waals surface area (Å²) in [6, 6.07) is 16.5. The molecule has 0 aliphatic carbocycles. The molecule has 0 heteroatoms. The lowest BCUT2D eigenvalue weighted by Crippen LogP contribution is -2.00. The monoisotopic (exact) mass is 388 g/mol. The smallest absolute Gasteiger partial charge is 0.0140 e. The second kappa shape index (κ2) is 9.79. The third-order valence-corrected chi connectivity index (χ3v) is 6.35. The van der Waals surface area contributed by atoms with Gasteiger partial charge in [-0.25, -0.2) is 0 Å². The van der Waals surface area contributed by atoms with Gasteiger partial charge in [0.05, 0.1) is 0 Å². The number of rotatable bonds is 9. The van der Waals surface area contributed by atoms with Crippen molar-refractivity contribution in [1.82, 2.24) is 0 Å². The fourth-order valence-corrected chi connectivity index (χ4v) is 4.65. The van der Waals surface area contributed by atoms with Crippen LogP contribution in [-0.4, -0.2) is 0 Å². The predicted octanol–water partition coefficient (Wildman–Crippen LogP) is 9.07. The van der Waals surface area contributed by atoms with Crippen LogP contribution in [0.3, 0.4) is 0 Å². The Balaban J connectivity index is 2.18. The van der Waals surface area contributed by atoms with Crippen LogP contribution in [-0.2, 0) is 12.8 Å². The van der Waals surface area contributed by atoms with Crippen LogP contribution < -0.4 is 0 Å². The average Bonchev–Trinajstić information content (AvgIpc) is 2.68. The summed E-state index contributed by atoms with van der Waals surface area (Å²) in [6.45, 7) is 14.0. The Hall–Kier alpha value is -1.82. The molecule has 0 bridgehead atoms. The third kappa shape index (κ3) is 5.21. The molecule has 3 aromatic rings. The Labute approximate surface area is 178 Å². The molecule has 156 valence electrons. The molecule has 0 saturated carbocycles. The Morgan fingerprint density at radius 3 is 1.55 bits per heavy atom. The first-order valence-corrected chi connectivity index (χ1v) is 11.8. The van der Waals surface area contributed by atoms with Gasteiger partial charge in [0.25, 0.3) is 0 Å². The van der Waals surface area contributed by atoms with Crippen LogP contribution in [0.15, 0.2) is 42.5 Å². The number of benzene rings is 3. The number of fused-ring (bicyclic) bond motifs is 2. The van der Waals surface area contributed by atoms with E-state index in [2.05, 4.69) is 84.0 Å². The second-order valence-corrected chi connectivity index (χ2v) is 10.0. The Morgan fingerprint density at radius 2 is 1.07 bits per heavy atom. The maximum Gasteiger partial charge on any atom is -0.0140 e. The van der Waals surface area contributed by atoms with E-state index >= 15 is 0 Å². The standard InChI is InChI=1S/C29H40/c1-20(2)11-9-15-26-24-13-7-8-14-25(24)27(16-10-12-21(3)4)29-19-23(22(5)6)17-18-28(26)29/h7-8,13-14,17-22H,9-12,15-16H2,1-6H3. The van der Waals surface area contributed by atoms with E-state index in [-0.39, 0.29) is 0 Å². The van der Waals surface area contributed by atoms with Gasteiger partial charge in [-0.05, 0) is 81.7 Å². The quantitative estimate of drug-likeness (QED) is 0.321. The average molecular weight is 389 g/mol. The molecule has 0 aromatic heterocycles. The molecule has 0 nitrogen and oxygen atoms in total. The van der Waals surface area contributed by atoms with Crippen molar-refractivity contribution in [3.8, 4) is 0 Å². The van der Waals surface area contributed by atoms with Crippen molar-refractivity contribution >= 4 is 21.5 Å². The van der Waals surface area contributed by atoms with Crippen LogP contribution in [0.4, 0.5) is 0 Å². The zero-order valence-corrected chi connectivity index (χ0v) is 19.5. The van der Waals surface area contributed by atoms with Gasteiger partial charge in [0.1, 0.15) is 0 Å². The molecule has 0 saturated heterocycles. The van der Waals surface area contributed by atoms with Crippen molar-refractivity contribution in [2.45, 2.75) is 86.0 Å². The number of aryl methyl sites for hydroxylation is 2. The van der Waals surface area contributed by atoms with E-state index in [0.717, 1.165) is 11.8 Å². The van der Waals surface area contributed by atoms with E-state index in [1.165, 1.54) is 65.6 Å². The van der Waals surface area contributed by atoms with Gasteiger partial charge in [-0.2, -0.15) is 0 Å². The summed E-state index contributed by atoms with van der Waals surface area (Å²) in [6.07, 6.45) is 7.52. The first-order valence-electron chi connectivity index (χ1n) is 11.8.